The lowest BCUT2D eigenvalue weighted by Gasteiger charge is -2.19. The zero-order chi connectivity index (χ0) is 19.9. The quantitative estimate of drug-likeness (QED) is 0.460. The van der Waals surface area contributed by atoms with Crippen molar-refractivity contribution in [3.05, 3.63) is 71.9 Å². The SMILES string of the molecule is CCC(=O)ON(Cc1ccccn1)C(=O)c1nc(-c2ccccc2)oc1CCl. The van der Waals surface area contributed by atoms with Crippen LogP contribution in [0.25, 0.3) is 11.5 Å². The minimum atomic E-state index is -0.631. The predicted molar refractivity (Wildman–Crippen MR) is 102 cm³/mol. The third-order valence-electron chi connectivity index (χ3n) is 3.80. The number of carbonyl (C=O) groups excluding carboxylic acids is 2. The Morgan fingerprint density at radius 2 is 1.89 bits per heavy atom. The molecule has 28 heavy (non-hydrogen) atoms. The van der Waals surface area contributed by atoms with E-state index in [4.69, 9.17) is 20.9 Å². The van der Waals surface area contributed by atoms with Crippen LogP contribution in [-0.2, 0) is 22.1 Å². The van der Waals surface area contributed by atoms with E-state index in [1.807, 2.05) is 18.2 Å². The molecule has 0 radical (unpaired) electrons. The number of nitrogens with zero attached hydrogens (tertiary/aromatic N) is 3. The summed E-state index contributed by atoms with van der Waals surface area (Å²) in [5.41, 5.74) is 1.25. The van der Waals surface area contributed by atoms with Gasteiger partial charge in [-0.3, -0.25) is 9.78 Å². The number of carbonyl (C=O) groups is 2. The van der Waals surface area contributed by atoms with Gasteiger partial charge < -0.3 is 9.25 Å². The minimum Gasteiger partial charge on any atom is -0.439 e. The van der Waals surface area contributed by atoms with Gasteiger partial charge in [0.15, 0.2) is 11.5 Å². The van der Waals surface area contributed by atoms with Crippen molar-refractivity contribution < 1.29 is 18.8 Å². The highest BCUT2D eigenvalue weighted by Crippen LogP contribution is 2.24. The molecule has 8 heteroatoms. The summed E-state index contributed by atoms with van der Waals surface area (Å²) in [7, 11) is 0. The highest BCUT2D eigenvalue weighted by molar-refractivity contribution is 6.17. The molecule has 0 spiro atoms. The Morgan fingerprint density at radius 1 is 1.14 bits per heavy atom. The topological polar surface area (TPSA) is 85.5 Å². The molecular formula is C20H18ClN3O4. The number of aromatic nitrogens is 2. The lowest BCUT2D eigenvalue weighted by atomic mass is 10.2. The molecule has 2 aromatic heterocycles. The fraction of sp³-hybridized carbons (Fsp3) is 0.200. The average Bonchev–Trinajstić information content (AvgIpc) is 3.18. The summed E-state index contributed by atoms with van der Waals surface area (Å²) in [4.78, 5) is 38.6. The predicted octanol–water partition coefficient (Wildman–Crippen LogP) is 3.99. The Hall–Kier alpha value is -3.19. The summed E-state index contributed by atoms with van der Waals surface area (Å²) < 4.78 is 5.66. The molecule has 2 heterocycles. The Balaban J connectivity index is 1.93. The third-order valence-corrected chi connectivity index (χ3v) is 4.04. The van der Waals surface area contributed by atoms with Crippen molar-refractivity contribution in [1.29, 1.82) is 0 Å². The number of benzene rings is 1. The largest absolute Gasteiger partial charge is 0.439 e. The van der Waals surface area contributed by atoms with Crippen LogP contribution < -0.4 is 0 Å². The van der Waals surface area contributed by atoms with E-state index in [0.717, 1.165) is 5.06 Å². The van der Waals surface area contributed by atoms with E-state index in [1.165, 1.54) is 0 Å². The Bertz CT molecular complexity index is 945. The van der Waals surface area contributed by atoms with Gasteiger partial charge in [0.2, 0.25) is 5.89 Å². The molecule has 144 valence electrons. The maximum absolute atomic E-state index is 13.1. The number of rotatable bonds is 6. The zero-order valence-electron chi connectivity index (χ0n) is 15.2. The summed E-state index contributed by atoms with van der Waals surface area (Å²) >= 11 is 5.95. The molecule has 3 rings (SSSR count). The number of hydrogen-bond acceptors (Lipinski definition) is 6. The highest BCUT2D eigenvalue weighted by atomic mass is 35.5. The van der Waals surface area contributed by atoms with Crippen molar-refractivity contribution >= 4 is 23.5 Å². The third kappa shape index (κ3) is 4.55. The van der Waals surface area contributed by atoms with Gasteiger partial charge in [-0.2, -0.15) is 5.06 Å². The number of hydrogen-bond donors (Lipinski definition) is 0. The normalized spacial score (nSPS) is 10.5. The Kier molecular flexibility index (Phi) is 6.39. The van der Waals surface area contributed by atoms with Crippen molar-refractivity contribution in [2.75, 3.05) is 0 Å². The number of oxazole rings is 1. The van der Waals surface area contributed by atoms with E-state index in [0.29, 0.717) is 11.3 Å². The molecule has 0 fully saturated rings. The molecule has 0 saturated heterocycles. The van der Waals surface area contributed by atoms with Gasteiger partial charge in [0.25, 0.3) is 0 Å². The molecule has 0 bridgehead atoms. The number of hydroxylamine groups is 2. The standard InChI is InChI=1S/C20H18ClN3O4/c1-2-17(25)28-24(13-15-10-6-7-11-22-15)20(26)18-16(12-21)27-19(23-18)14-8-4-3-5-9-14/h3-11H,2,12-13H2,1H3. The molecule has 0 N–H and O–H groups in total. The fourth-order valence-electron chi connectivity index (χ4n) is 2.40. The minimum absolute atomic E-state index is 0.00585. The molecule has 0 atom stereocenters. The van der Waals surface area contributed by atoms with Crippen molar-refractivity contribution in [1.82, 2.24) is 15.0 Å². The van der Waals surface area contributed by atoms with Crippen LogP contribution in [0, 0.1) is 0 Å². The molecule has 3 aromatic rings. The molecular weight excluding hydrogens is 382 g/mol. The molecule has 0 aliphatic rings. The van der Waals surface area contributed by atoms with E-state index >= 15 is 0 Å². The summed E-state index contributed by atoms with van der Waals surface area (Å²) in [6.07, 6.45) is 1.70. The molecule has 1 amide bonds. The van der Waals surface area contributed by atoms with Crippen molar-refractivity contribution in [3.8, 4) is 11.5 Å². The first-order valence-electron chi connectivity index (χ1n) is 8.66. The number of halogens is 1. The number of pyridine rings is 1. The first kappa shape index (κ1) is 19.6. The van der Waals surface area contributed by atoms with Gasteiger partial charge in [0, 0.05) is 18.2 Å². The van der Waals surface area contributed by atoms with Crippen LogP contribution in [0.2, 0.25) is 0 Å². The second kappa shape index (κ2) is 9.14. The van der Waals surface area contributed by atoms with Gasteiger partial charge in [-0.1, -0.05) is 31.2 Å². The van der Waals surface area contributed by atoms with Crippen molar-refractivity contribution in [2.45, 2.75) is 25.8 Å². The van der Waals surface area contributed by atoms with Crippen LogP contribution in [0.1, 0.15) is 35.3 Å². The van der Waals surface area contributed by atoms with Gasteiger partial charge in [-0.05, 0) is 24.3 Å². The van der Waals surface area contributed by atoms with Crippen LogP contribution >= 0.6 is 11.6 Å². The molecule has 1 aromatic carbocycles. The smallest absolute Gasteiger partial charge is 0.332 e. The Labute approximate surface area is 166 Å². The lowest BCUT2D eigenvalue weighted by molar-refractivity contribution is -0.179. The first-order valence-corrected chi connectivity index (χ1v) is 9.19. The maximum Gasteiger partial charge on any atom is 0.332 e. The van der Waals surface area contributed by atoms with Gasteiger partial charge in [-0.15, -0.1) is 11.6 Å². The van der Waals surface area contributed by atoms with Crippen LogP contribution in [-0.4, -0.2) is 26.9 Å². The number of alkyl halides is 1. The van der Waals surface area contributed by atoms with E-state index in [9.17, 15) is 9.59 Å². The van der Waals surface area contributed by atoms with Crippen molar-refractivity contribution in [3.63, 3.8) is 0 Å². The number of amides is 1. The van der Waals surface area contributed by atoms with Gasteiger partial charge >= 0.3 is 11.9 Å². The highest BCUT2D eigenvalue weighted by Gasteiger charge is 2.28. The second-order valence-electron chi connectivity index (χ2n) is 5.77. The fourth-order valence-corrected chi connectivity index (χ4v) is 2.58. The monoisotopic (exact) mass is 399 g/mol. The van der Waals surface area contributed by atoms with Crippen molar-refractivity contribution in [2.24, 2.45) is 0 Å². The van der Waals surface area contributed by atoms with E-state index in [1.54, 1.807) is 43.5 Å². The first-order chi connectivity index (χ1) is 13.6. The molecule has 0 saturated carbocycles. The average molecular weight is 400 g/mol. The van der Waals surface area contributed by atoms with Crippen LogP contribution in [0.15, 0.2) is 59.1 Å². The van der Waals surface area contributed by atoms with Crippen LogP contribution in [0.5, 0.6) is 0 Å². The molecule has 7 nitrogen and oxygen atoms in total. The van der Waals surface area contributed by atoms with Crippen LogP contribution in [0.3, 0.4) is 0 Å². The van der Waals surface area contributed by atoms with Gasteiger partial charge in [-0.25, -0.2) is 9.78 Å². The van der Waals surface area contributed by atoms with Gasteiger partial charge in [0.1, 0.15) is 6.54 Å². The lowest BCUT2D eigenvalue weighted by Crippen LogP contribution is -2.34. The molecule has 0 aliphatic carbocycles. The summed E-state index contributed by atoms with van der Waals surface area (Å²) in [6.45, 7) is 1.61. The summed E-state index contributed by atoms with van der Waals surface area (Å²) in [6, 6.07) is 14.4. The van der Waals surface area contributed by atoms with E-state index < -0.39 is 11.9 Å². The van der Waals surface area contributed by atoms with E-state index in [-0.39, 0.29) is 36.2 Å². The maximum atomic E-state index is 13.1. The summed E-state index contributed by atoms with van der Waals surface area (Å²) in [5, 5.41) is 0.927. The van der Waals surface area contributed by atoms with Crippen LogP contribution in [0.4, 0.5) is 0 Å². The van der Waals surface area contributed by atoms with Gasteiger partial charge in [0.05, 0.1) is 11.6 Å². The molecule has 0 unspecified atom stereocenters. The second-order valence-corrected chi connectivity index (χ2v) is 6.04. The van der Waals surface area contributed by atoms with E-state index in [2.05, 4.69) is 9.97 Å². The molecule has 0 aliphatic heterocycles. The summed E-state index contributed by atoms with van der Waals surface area (Å²) in [5.74, 6) is -0.777. The zero-order valence-corrected chi connectivity index (χ0v) is 15.9. The Morgan fingerprint density at radius 3 is 2.54 bits per heavy atom.